The Kier molecular flexibility index (Phi) is 7.87. The van der Waals surface area contributed by atoms with Crippen molar-refractivity contribution in [3.8, 4) is 17.0 Å². The van der Waals surface area contributed by atoms with Crippen LogP contribution in [-0.4, -0.2) is 66.4 Å². The molecule has 1 saturated heterocycles. The topological polar surface area (TPSA) is 107 Å². The van der Waals surface area contributed by atoms with E-state index in [9.17, 15) is 17.9 Å². The lowest BCUT2D eigenvalue weighted by Gasteiger charge is -2.37. The van der Waals surface area contributed by atoms with Crippen LogP contribution >= 0.6 is 0 Å². The van der Waals surface area contributed by atoms with Gasteiger partial charge in [0.1, 0.15) is 16.5 Å². The van der Waals surface area contributed by atoms with Crippen LogP contribution in [0, 0.1) is 5.82 Å². The second-order valence-electron chi connectivity index (χ2n) is 9.42. The van der Waals surface area contributed by atoms with Gasteiger partial charge in [-0.05, 0) is 61.7 Å². The van der Waals surface area contributed by atoms with Crippen LogP contribution < -0.4 is 10.6 Å². The predicted molar refractivity (Wildman–Crippen MR) is 138 cm³/mol. The Hall–Kier alpha value is -3.08. The summed E-state index contributed by atoms with van der Waals surface area (Å²) in [5.41, 5.74) is 2.67. The summed E-state index contributed by atoms with van der Waals surface area (Å²) in [6.45, 7) is 7.37. The molecule has 0 aliphatic carbocycles. The molecule has 192 valence electrons. The minimum absolute atomic E-state index is 0.0988. The number of benzene rings is 2. The molecule has 1 aromatic heterocycles. The Balaban J connectivity index is 1.45. The van der Waals surface area contributed by atoms with Crippen molar-refractivity contribution in [3.05, 3.63) is 65.6 Å². The molecule has 0 radical (unpaired) electrons. The smallest absolute Gasteiger partial charge is 0.223 e. The molecule has 1 fully saturated rings. The van der Waals surface area contributed by atoms with Crippen LogP contribution in [0.2, 0.25) is 0 Å². The molecule has 10 heteroatoms. The van der Waals surface area contributed by atoms with E-state index in [-0.39, 0.29) is 16.5 Å². The Labute approximate surface area is 211 Å². The fourth-order valence-electron chi connectivity index (χ4n) is 4.34. The van der Waals surface area contributed by atoms with Gasteiger partial charge in [-0.25, -0.2) is 22.8 Å². The standard InChI is InChI=1S/C26H32FN5O3S/c1-17-15-32(18(2)14-30-17)16-20-4-6-22(27)21(12-20)23-9-11-29-26(31-23)28-10-8-19-5-7-24(33)25(13-19)36(3,34)35/h4-7,9,11-13,17-18,30,33H,8,10,14-16H2,1-3H3,(H,28,29,31)/t17-,18-/m0/s1. The largest absolute Gasteiger partial charge is 0.507 e. The van der Waals surface area contributed by atoms with Gasteiger partial charge in [0.2, 0.25) is 5.95 Å². The second kappa shape index (κ2) is 10.9. The molecule has 2 atom stereocenters. The molecule has 2 heterocycles. The van der Waals surface area contributed by atoms with Crippen LogP contribution in [0.1, 0.15) is 25.0 Å². The molecule has 8 nitrogen and oxygen atoms in total. The maximum Gasteiger partial charge on any atom is 0.223 e. The average Bonchev–Trinajstić information content (AvgIpc) is 2.83. The number of hydrogen-bond acceptors (Lipinski definition) is 8. The van der Waals surface area contributed by atoms with Crippen LogP contribution in [0.5, 0.6) is 5.75 Å². The predicted octanol–water partition coefficient (Wildman–Crippen LogP) is 3.23. The number of aromatic hydroxyl groups is 1. The van der Waals surface area contributed by atoms with E-state index in [0.29, 0.717) is 42.3 Å². The first kappa shape index (κ1) is 26.0. The summed E-state index contributed by atoms with van der Waals surface area (Å²) in [7, 11) is -3.53. The number of halogens is 1. The molecule has 36 heavy (non-hydrogen) atoms. The van der Waals surface area contributed by atoms with E-state index in [2.05, 4.69) is 39.3 Å². The molecule has 1 aliphatic rings. The number of phenolic OH excluding ortho intramolecular Hbond substituents is 1. The SMILES string of the molecule is C[C@H]1CN(Cc2ccc(F)c(-c3ccnc(NCCc4ccc(O)c(S(C)(=O)=O)c4)n3)c2)[C@@H](C)CN1. The molecule has 0 spiro atoms. The summed E-state index contributed by atoms with van der Waals surface area (Å²) in [6, 6.07) is 12.2. The lowest BCUT2D eigenvalue weighted by atomic mass is 10.0. The second-order valence-corrected chi connectivity index (χ2v) is 11.4. The molecule has 0 saturated carbocycles. The van der Waals surface area contributed by atoms with Crippen molar-refractivity contribution < 1.29 is 17.9 Å². The first-order valence-electron chi connectivity index (χ1n) is 12.0. The van der Waals surface area contributed by atoms with E-state index in [1.165, 1.54) is 18.2 Å². The van der Waals surface area contributed by atoms with Crippen LogP contribution in [0.4, 0.5) is 10.3 Å². The number of nitrogens with zero attached hydrogens (tertiary/aromatic N) is 3. The summed E-state index contributed by atoms with van der Waals surface area (Å²) in [5, 5.41) is 16.4. The third-order valence-electron chi connectivity index (χ3n) is 6.36. The number of rotatable bonds is 8. The van der Waals surface area contributed by atoms with E-state index >= 15 is 0 Å². The van der Waals surface area contributed by atoms with Crippen molar-refractivity contribution in [1.82, 2.24) is 20.2 Å². The molecule has 0 unspecified atom stereocenters. The van der Waals surface area contributed by atoms with Gasteiger partial charge in [0.25, 0.3) is 0 Å². The highest BCUT2D eigenvalue weighted by atomic mass is 32.2. The number of aromatic nitrogens is 2. The summed E-state index contributed by atoms with van der Waals surface area (Å²) in [6.07, 6.45) is 3.13. The Morgan fingerprint density at radius 2 is 1.94 bits per heavy atom. The Morgan fingerprint density at radius 3 is 2.72 bits per heavy atom. The van der Waals surface area contributed by atoms with Gasteiger partial charge in [-0.1, -0.05) is 12.1 Å². The van der Waals surface area contributed by atoms with E-state index in [1.54, 1.807) is 18.3 Å². The van der Waals surface area contributed by atoms with E-state index < -0.39 is 9.84 Å². The van der Waals surface area contributed by atoms with Gasteiger partial charge in [-0.15, -0.1) is 0 Å². The van der Waals surface area contributed by atoms with Gasteiger partial charge in [-0.2, -0.15) is 0 Å². The number of phenols is 1. The van der Waals surface area contributed by atoms with Crippen molar-refractivity contribution in [2.75, 3.05) is 31.2 Å². The number of sulfone groups is 1. The van der Waals surface area contributed by atoms with Crippen molar-refractivity contribution >= 4 is 15.8 Å². The van der Waals surface area contributed by atoms with Crippen molar-refractivity contribution in [3.63, 3.8) is 0 Å². The zero-order valence-electron chi connectivity index (χ0n) is 20.7. The number of nitrogens with one attached hydrogen (secondary N) is 2. The molecule has 0 bridgehead atoms. The highest BCUT2D eigenvalue weighted by molar-refractivity contribution is 7.90. The first-order chi connectivity index (χ1) is 17.1. The highest BCUT2D eigenvalue weighted by Gasteiger charge is 2.22. The maximum atomic E-state index is 14.8. The zero-order valence-corrected chi connectivity index (χ0v) is 21.5. The van der Waals surface area contributed by atoms with E-state index in [0.717, 1.165) is 37.0 Å². The van der Waals surface area contributed by atoms with Crippen LogP contribution in [-0.2, 0) is 22.8 Å². The molecule has 3 aromatic rings. The zero-order chi connectivity index (χ0) is 25.9. The number of piperazine rings is 1. The fraction of sp³-hybridized carbons (Fsp3) is 0.385. The van der Waals surface area contributed by atoms with Crippen LogP contribution in [0.15, 0.2) is 53.6 Å². The minimum Gasteiger partial charge on any atom is -0.507 e. The molecule has 2 aromatic carbocycles. The Morgan fingerprint density at radius 1 is 1.17 bits per heavy atom. The normalized spacial score (nSPS) is 18.8. The summed E-state index contributed by atoms with van der Waals surface area (Å²) < 4.78 is 38.4. The first-order valence-corrected chi connectivity index (χ1v) is 13.8. The molecular formula is C26H32FN5O3S. The lowest BCUT2D eigenvalue weighted by Crippen LogP contribution is -2.53. The lowest BCUT2D eigenvalue weighted by molar-refractivity contribution is 0.139. The summed E-state index contributed by atoms with van der Waals surface area (Å²) in [5.74, 6) is -0.262. The molecular weight excluding hydrogens is 481 g/mol. The van der Waals surface area contributed by atoms with Crippen molar-refractivity contribution in [1.29, 1.82) is 0 Å². The van der Waals surface area contributed by atoms with Crippen LogP contribution in [0.3, 0.4) is 0 Å². The minimum atomic E-state index is -3.53. The molecule has 1 aliphatic heterocycles. The third-order valence-corrected chi connectivity index (χ3v) is 7.49. The van der Waals surface area contributed by atoms with Gasteiger partial charge in [0.15, 0.2) is 9.84 Å². The quantitative estimate of drug-likeness (QED) is 0.422. The summed E-state index contributed by atoms with van der Waals surface area (Å²) >= 11 is 0. The molecule has 0 amide bonds. The maximum absolute atomic E-state index is 14.8. The molecule has 3 N–H and O–H groups in total. The van der Waals surface area contributed by atoms with Gasteiger partial charge >= 0.3 is 0 Å². The van der Waals surface area contributed by atoms with Gasteiger partial charge in [0, 0.05) is 56.3 Å². The van der Waals surface area contributed by atoms with Crippen LogP contribution in [0.25, 0.3) is 11.3 Å². The molecule has 4 rings (SSSR count). The highest BCUT2D eigenvalue weighted by Crippen LogP contribution is 2.25. The van der Waals surface area contributed by atoms with Gasteiger partial charge < -0.3 is 15.7 Å². The number of anilines is 1. The van der Waals surface area contributed by atoms with Crippen molar-refractivity contribution in [2.24, 2.45) is 0 Å². The Bertz CT molecular complexity index is 1330. The number of hydrogen-bond donors (Lipinski definition) is 3. The third kappa shape index (κ3) is 6.37. The van der Waals surface area contributed by atoms with Crippen molar-refractivity contribution in [2.45, 2.75) is 43.8 Å². The fourth-order valence-corrected chi connectivity index (χ4v) is 5.16. The summed E-state index contributed by atoms with van der Waals surface area (Å²) in [4.78, 5) is 11.0. The van der Waals surface area contributed by atoms with Gasteiger partial charge in [-0.3, -0.25) is 4.90 Å². The van der Waals surface area contributed by atoms with Gasteiger partial charge in [0.05, 0.1) is 5.69 Å². The average molecular weight is 514 g/mol. The van der Waals surface area contributed by atoms with E-state index in [4.69, 9.17) is 0 Å². The monoisotopic (exact) mass is 513 g/mol. The van der Waals surface area contributed by atoms with E-state index in [1.807, 2.05) is 12.1 Å².